The van der Waals surface area contributed by atoms with Crippen LogP contribution in [0, 0.1) is 0 Å². The van der Waals surface area contributed by atoms with E-state index in [1.54, 1.807) is 38.3 Å². The third-order valence-corrected chi connectivity index (χ3v) is 4.02. The van der Waals surface area contributed by atoms with Gasteiger partial charge in [0.25, 0.3) is 0 Å². The molecule has 0 aliphatic carbocycles. The summed E-state index contributed by atoms with van der Waals surface area (Å²) in [6, 6.07) is 13.7. The number of methoxy groups -OCH3 is 1. The van der Waals surface area contributed by atoms with Gasteiger partial charge < -0.3 is 19.7 Å². The fourth-order valence-corrected chi connectivity index (χ4v) is 2.52. The number of nitrogens with one attached hydrogen (secondary N) is 1. The largest absolute Gasteiger partial charge is 0.497 e. The molecule has 2 aromatic carbocycles. The molecule has 0 aliphatic rings. The van der Waals surface area contributed by atoms with Crippen LogP contribution in [0.5, 0.6) is 5.75 Å². The molecule has 1 N–H and O–H groups in total. The summed E-state index contributed by atoms with van der Waals surface area (Å²) in [7, 11) is 1.59. The maximum absolute atomic E-state index is 12.3. The predicted molar refractivity (Wildman–Crippen MR) is 105 cm³/mol. The van der Waals surface area contributed by atoms with Crippen LogP contribution in [0.2, 0.25) is 0 Å². The topological polar surface area (TPSA) is 84.9 Å². The van der Waals surface area contributed by atoms with E-state index in [-0.39, 0.29) is 25.0 Å². The van der Waals surface area contributed by atoms with Gasteiger partial charge in [-0.2, -0.15) is 0 Å². The molecule has 0 unspecified atom stereocenters. The Bertz CT molecular complexity index is 816. The van der Waals surface area contributed by atoms with E-state index in [0.717, 1.165) is 11.3 Å². The molecule has 0 saturated carbocycles. The lowest BCUT2D eigenvalue weighted by Crippen LogP contribution is -2.39. The highest BCUT2D eigenvalue weighted by Crippen LogP contribution is 2.16. The lowest BCUT2D eigenvalue weighted by atomic mass is 10.2. The van der Waals surface area contributed by atoms with Crippen molar-refractivity contribution in [2.75, 3.05) is 25.2 Å². The molecule has 0 bridgehead atoms. The molecule has 0 spiro atoms. The minimum absolute atomic E-state index is 0.121. The first-order valence-corrected chi connectivity index (χ1v) is 8.89. The van der Waals surface area contributed by atoms with E-state index < -0.39 is 5.97 Å². The fourth-order valence-electron chi connectivity index (χ4n) is 2.52. The average Bonchev–Trinajstić information content (AvgIpc) is 2.71. The highest BCUT2D eigenvalue weighted by Gasteiger charge is 2.16. The Morgan fingerprint density at radius 2 is 1.64 bits per heavy atom. The lowest BCUT2D eigenvalue weighted by molar-refractivity contribution is -0.123. The van der Waals surface area contributed by atoms with Crippen LogP contribution in [0.25, 0.3) is 0 Å². The van der Waals surface area contributed by atoms with Gasteiger partial charge in [-0.1, -0.05) is 12.1 Å². The molecule has 0 atom stereocenters. The van der Waals surface area contributed by atoms with Crippen LogP contribution in [-0.2, 0) is 20.9 Å². The molecule has 2 amide bonds. The number of hydrogen-bond acceptors (Lipinski definition) is 5. The van der Waals surface area contributed by atoms with Crippen molar-refractivity contribution in [2.45, 2.75) is 20.4 Å². The smallest absolute Gasteiger partial charge is 0.338 e. The van der Waals surface area contributed by atoms with E-state index in [0.29, 0.717) is 17.8 Å². The van der Waals surface area contributed by atoms with Crippen LogP contribution in [0.1, 0.15) is 29.8 Å². The maximum atomic E-state index is 12.3. The predicted octanol–water partition coefficient (Wildman–Crippen LogP) is 2.54. The number of esters is 1. The zero-order valence-electron chi connectivity index (χ0n) is 16.2. The van der Waals surface area contributed by atoms with Gasteiger partial charge in [-0.15, -0.1) is 0 Å². The van der Waals surface area contributed by atoms with Gasteiger partial charge in [0.15, 0.2) is 0 Å². The zero-order chi connectivity index (χ0) is 20.5. The van der Waals surface area contributed by atoms with Crippen LogP contribution >= 0.6 is 0 Å². The number of nitrogens with zero attached hydrogens (tertiary/aromatic N) is 1. The first kappa shape index (κ1) is 21.0. The van der Waals surface area contributed by atoms with Crippen molar-refractivity contribution in [2.24, 2.45) is 0 Å². The summed E-state index contributed by atoms with van der Waals surface area (Å²) in [6.07, 6.45) is 0. The van der Waals surface area contributed by atoms with Crippen molar-refractivity contribution < 1.29 is 23.9 Å². The molecule has 2 rings (SSSR count). The Morgan fingerprint density at radius 1 is 1.00 bits per heavy atom. The van der Waals surface area contributed by atoms with Gasteiger partial charge in [0, 0.05) is 19.2 Å². The molecule has 0 radical (unpaired) electrons. The van der Waals surface area contributed by atoms with Crippen molar-refractivity contribution >= 4 is 23.5 Å². The van der Waals surface area contributed by atoms with E-state index in [9.17, 15) is 14.4 Å². The molecule has 2 aromatic rings. The summed E-state index contributed by atoms with van der Waals surface area (Å²) in [6.45, 7) is 3.62. The maximum Gasteiger partial charge on any atom is 0.338 e. The molecule has 0 heterocycles. The lowest BCUT2D eigenvalue weighted by Gasteiger charge is -2.21. The number of hydrogen-bond donors (Lipinski definition) is 1. The monoisotopic (exact) mass is 384 g/mol. The van der Waals surface area contributed by atoms with Crippen molar-refractivity contribution in [1.82, 2.24) is 5.32 Å². The Morgan fingerprint density at radius 3 is 2.18 bits per heavy atom. The summed E-state index contributed by atoms with van der Waals surface area (Å²) in [5, 5.41) is 2.79. The Balaban J connectivity index is 1.98. The SMILES string of the molecule is CCOC(=O)c1ccc(N(CC(=O)NCc2ccc(OC)cc2)C(C)=O)cc1. The Hall–Kier alpha value is -3.35. The van der Waals surface area contributed by atoms with Gasteiger partial charge in [0.2, 0.25) is 11.8 Å². The molecule has 7 nitrogen and oxygen atoms in total. The molecule has 0 aromatic heterocycles. The molecule has 0 fully saturated rings. The standard InChI is InChI=1S/C21H24N2O5/c1-4-28-21(26)17-7-9-18(10-8-17)23(15(2)24)14-20(25)22-13-16-5-11-19(27-3)12-6-16/h5-12H,4,13-14H2,1-3H3,(H,22,25). The van der Waals surface area contributed by atoms with Crippen molar-refractivity contribution in [3.8, 4) is 5.75 Å². The third-order valence-electron chi connectivity index (χ3n) is 4.02. The highest BCUT2D eigenvalue weighted by atomic mass is 16.5. The number of carbonyl (C=O) groups is 3. The quantitative estimate of drug-likeness (QED) is 0.707. The van der Waals surface area contributed by atoms with E-state index in [2.05, 4.69) is 5.32 Å². The minimum Gasteiger partial charge on any atom is -0.497 e. The second-order valence-electron chi connectivity index (χ2n) is 6.00. The van der Waals surface area contributed by atoms with E-state index >= 15 is 0 Å². The number of rotatable bonds is 8. The normalized spacial score (nSPS) is 10.1. The van der Waals surface area contributed by atoms with Gasteiger partial charge in [-0.25, -0.2) is 4.79 Å². The van der Waals surface area contributed by atoms with Crippen LogP contribution in [0.4, 0.5) is 5.69 Å². The van der Waals surface area contributed by atoms with E-state index in [4.69, 9.17) is 9.47 Å². The number of anilines is 1. The molecular formula is C21H24N2O5. The second-order valence-corrected chi connectivity index (χ2v) is 6.00. The molecule has 7 heteroatoms. The summed E-state index contributed by atoms with van der Waals surface area (Å²) in [4.78, 5) is 37.3. The molecular weight excluding hydrogens is 360 g/mol. The summed E-state index contributed by atoms with van der Waals surface area (Å²) < 4.78 is 10.0. The van der Waals surface area contributed by atoms with Crippen LogP contribution in [0.15, 0.2) is 48.5 Å². The Labute approximate surface area is 164 Å². The first-order chi connectivity index (χ1) is 13.4. The van der Waals surface area contributed by atoms with Gasteiger partial charge in [-0.05, 0) is 48.9 Å². The Kier molecular flexibility index (Phi) is 7.56. The highest BCUT2D eigenvalue weighted by molar-refractivity contribution is 5.98. The van der Waals surface area contributed by atoms with Crippen molar-refractivity contribution in [3.05, 3.63) is 59.7 Å². The number of ether oxygens (including phenoxy) is 2. The van der Waals surface area contributed by atoms with E-state index in [1.807, 2.05) is 24.3 Å². The number of carbonyl (C=O) groups excluding carboxylic acids is 3. The summed E-state index contributed by atoms with van der Waals surface area (Å²) >= 11 is 0. The van der Waals surface area contributed by atoms with E-state index in [1.165, 1.54) is 11.8 Å². The van der Waals surface area contributed by atoms with Gasteiger partial charge >= 0.3 is 5.97 Å². The molecule has 0 aliphatic heterocycles. The summed E-state index contributed by atoms with van der Waals surface area (Å²) in [5.74, 6) is -0.256. The number of amides is 2. The van der Waals surface area contributed by atoms with Gasteiger partial charge in [-0.3, -0.25) is 9.59 Å². The minimum atomic E-state index is -0.430. The average molecular weight is 384 g/mol. The van der Waals surface area contributed by atoms with Crippen LogP contribution < -0.4 is 15.0 Å². The molecule has 28 heavy (non-hydrogen) atoms. The van der Waals surface area contributed by atoms with Crippen molar-refractivity contribution in [3.63, 3.8) is 0 Å². The summed E-state index contributed by atoms with van der Waals surface area (Å²) in [5.41, 5.74) is 1.83. The molecule has 0 saturated heterocycles. The molecule has 148 valence electrons. The fraction of sp³-hybridized carbons (Fsp3) is 0.286. The second kappa shape index (κ2) is 10.1. The zero-order valence-corrected chi connectivity index (χ0v) is 16.2. The van der Waals surface area contributed by atoms with Crippen LogP contribution in [0.3, 0.4) is 0 Å². The van der Waals surface area contributed by atoms with Crippen molar-refractivity contribution in [1.29, 1.82) is 0 Å². The van der Waals surface area contributed by atoms with Gasteiger partial charge in [0.05, 0.1) is 19.3 Å². The van der Waals surface area contributed by atoms with Crippen LogP contribution in [-0.4, -0.2) is 38.0 Å². The third kappa shape index (κ3) is 5.84. The number of benzene rings is 2. The van der Waals surface area contributed by atoms with Gasteiger partial charge in [0.1, 0.15) is 12.3 Å². The first-order valence-electron chi connectivity index (χ1n) is 8.89.